The SMILES string of the molecule is C.CCOC(=O)c1nc(-c2cc(Br)c(O)c(Br)c2)no1.N#Cc1cc(Br)c(O)c(Br)c1.N/C(=N\O)c1cc(Br)c(O)c(Br)c1.O=C(NCc1ccc(OC(F)(F)F)cc1)c1nc(-c2cc(Br)c(O)c(Br)c2)no1.O=C(Nc1cccc(OC(F)(F)F)c1)c1nc(-c2cc(Br)c(O)c(Br)c2)no1.[B]. The summed E-state index contributed by atoms with van der Waals surface area (Å²) in [7, 11) is 0. The number of hydrogen-bond acceptors (Lipinski definition) is 23. The van der Waals surface area contributed by atoms with Crippen LogP contribution in [0.4, 0.5) is 32.0 Å². The molecule has 0 aliphatic heterocycles. The zero-order valence-corrected chi connectivity index (χ0v) is 65.3. The highest BCUT2D eigenvalue weighted by molar-refractivity contribution is 9.12. The number of carbonyl (C=O) groups is 3. The van der Waals surface area contributed by atoms with E-state index >= 15 is 0 Å². The molecule has 43 heteroatoms. The van der Waals surface area contributed by atoms with Gasteiger partial charge in [-0.05, 0) is 257 Å². The van der Waals surface area contributed by atoms with Crippen LogP contribution in [0.3, 0.4) is 0 Å². The van der Waals surface area contributed by atoms with Gasteiger partial charge in [-0.15, -0.1) is 26.3 Å². The number of nitrogens with two attached hydrogens (primary N) is 1. The number of amidine groups is 1. The second kappa shape index (κ2) is 39.2. The maximum atomic E-state index is 12.3. The molecule has 10 aromatic rings. The van der Waals surface area contributed by atoms with E-state index in [-0.39, 0.29) is 104 Å². The monoisotopic (exact) mass is 2060 g/mol. The van der Waals surface area contributed by atoms with E-state index in [0.717, 1.165) is 24.3 Å². The second-order valence-corrected chi connectivity index (χ2v) is 27.0. The van der Waals surface area contributed by atoms with Gasteiger partial charge in [-0.2, -0.15) is 20.2 Å². The molecule has 0 fully saturated rings. The Bertz CT molecular complexity index is 4590. The van der Waals surface area contributed by atoms with Crippen molar-refractivity contribution >= 4 is 197 Å². The van der Waals surface area contributed by atoms with E-state index in [4.69, 9.17) is 34.5 Å². The van der Waals surface area contributed by atoms with E-state index in [9.17, 15) is 66.3 Å². The Morgan fingerprint density at radius 2 is 0.912 bits per heavy atom. The van der Waals surface area contributed by atoms with Crippen LogP contribution in [0.2, 0.25) is 0 Å². The molecule has 26 nitrogen and oxygen atoms in total. The average Bonchev–Trinajstić information content (AvgIpc) is 1.63. The molecule has 0 saturated carbocycles. The van der Waals surface area contributed by atoms with Crippen molar-refractivity contribution in [1.82, 2.24) is 35.7 Å². The van der Waals surface area contributed by atoms with E-state index in [1.54, 1.807) is 55.5 Å². The smallest absolute Gasteiger partial charge is 0.506 e. The number of nitrogens with zero attached hydrogens (tertiary/aromatic N) is 8. The van der Waals surface area contributed by atoms with E-state index < -0.39 is 42.1 Å². The first-order valence-corrected chi connectivity index (χ1v) is 34.2. The van der Waals surface area contributed by atoms with Gasteiger partial charge in [-0.3, -0.25) is 9.59 Å². The Morgan fingerprint density at radius 1 is 0.549 bits per heavy atom. The highest BCUT2D eigenvalue weighted by Gasteiger charge is 2.32. The standard InChI is InChI=1S/C17H10Br2F3N3O4.C16H8Br2F3N3O4.C11H8Br2N2O4.C7H6Br2N2O2.C7H3Br2NO.CH4.B/c18-11-5-9(6-12(19)13(11)26)14-24-16(29-25-14)15(27)23-7-8-1-3-10(4-2-8)28-17(20,21)22;17-10-4-7(5-11(18)12(10)25)13-23-15(28-24-13)14(26)22-8-2-1-3-9(6-8)27-16(19,20)21;1-2-18-11(17)10-14-9(15-19-10)5-3-6(12)8(16)7(13)4-5;8-4-1-3(7(10)11-13)2-5(9)6(4)12;8-5-1-4(3-10)2-6(9)7(5)11;;/h1-6,26H,7H2,(H,23,27);1-6,25H,(H,22,26);3-4,16H,2H2,1H3;1-2,12-13H,(H2,10,11);1-2,11H;1H4;. The number of oxime groups is 1. The number of ether oxygens (including phenoxy) is 3. The molecule has 0 atom stereocenters. The zero-order valence-electron chi connectivity index (χ0n) is 49.4. The topological polar surface area (TPSA) is 403 Å². The molecule has 7 aromatic carbocycles. The van der Waals surface area contributed by atoms with Gasteiger partial charge in [0.25, 0.3) is 0 Å². The van der Waals surface area contributed by atoms with Crippen molar-refractivity contribution in [2.24, 2.45) is 10.9 Å². The summed E-state index contributed by atoms with van der Waals surface area (Å²) in [6, 6.07) is 27.3. The lowest BCUT2D eigenvalue weighted by Gasteiger charge is -2.10. The number of nitriles is 1. The van der Waals surface area contributed by atoms with Gasteiger partial charge < -0.3 is 74.9 Å². The third-order valence-electron chi connectivity index (χ3n) is 11.4. The van der Waals surface area contributed by atoms with Gasteiger partial charge in [-0.1, -0.05) is 46.3 Å². The predicted octanol–water partition coefficient (Wildman–Crippen LogP) is 18.1. The minimum atomic E-state index is -4.85. The Balaban J connectivity index is 0.000000281. The second-order valence-electron chi connectivity index (χ2n) is 18.4. The van der Waals surface area contributed by atoms with Crippen LogP contribution in [0.1, 0.15) is 63.1 Å². The fourth-order valence-electron chi connectivity index (χ4n) is 6.99. The molecule has 535 valence electrons. The number of esters is 1. The number of anilines is 1. The third kappa shape index (κ3) is 25.6. The highest BCUT2D eigenvalue weighted by atomic mass is 79.9. The number of rotatable bonds is 13. The molecule has 3 aromatic heterocycles. The van der Waals surface area contributed by atoms with E-state index in [2.05, 4.69) is 215 Å². The summed E-state index contributed by atoms with van der Waals surface area (Å²) in [4.78, 5) is 47.7. The van der Waals surface area contributed by atoms with E-state index in [1.807, 2.05) is 6.07 Å². The van der Waals surface area contributed by atoms with Crippen LogP contribution >= 0.6 is 159 Å². The molecule has 0 spiro atoms. The number of amides is 2. The number of phenolic OH excluding ortho intramolecular Hbond substituents is 5. The molecular weight excluding hydrogens is 2030 g/mol. The van der Waals surface area contributed by atoms with Crippen molar-refractivity contribution in [2.75, 3.05) is 11.9 Å². The first-order chi connectivity index (χ1) is 47.0. The summed E-state index contributed by atoms with van der Waals surface area (Å²) in [5.41, 5.74) is 8.47. The van der Waals surface area contributed by atoms with E-state index in [0.29, 0.717) is 78.1 Å². The minimum Gasteiger partial charge on any atom is -0.506 e. The normalized spacial score (nSPS) is 10.8. The molecule has 0 aliphatic carbocycles. The summed E-state index contributed by atoms with van der Waals surface area (Å²) in [6.45, 7) is 1.94. The quantitative estimate of drug-likeness (QED) is 0.00984. The number of alkyl halides is 6. The van der Waals surface area contributed by atoms with Gasteiger partial charge >= 0.3 is 48.2 Å². The van der Waals surface area contributed by atoms with Crippen LogP contribution < -0.4 is 25.8 Å². The van der Waals surface area contributed by atoms with Crippen molar-refractivity contribution in [3.8, 4) is 80.5 Å². The number of hydrogen-bond donors (Lipinski definition) is 9. The molecule has 0 aliphatic rings. The summed E-state index contributed by atoms with van der Waals surface area (Å²) in [6.07, 6.45) is -9.62. The lowest BCUT2D eigenvalue weighted by Crippen LogP contribution is -2.23. The Morgan fingerprint density at radius 3 is 1.29 bits per heavy atom. The van der Waals surface area contributed by atoms with Gasteiger partial charge in [-0.25, -0.2) is 4.79 Å². The van der Waals surface area contributed by atoms with Crippen molar-refractivity contribution in [1.29, 1.82) is 5.26 Å². The number of aromatic hydroxyl groups is 5. The Labute approximate surface area is 656 Å². The summed E-state index contributed by atoms with van der Waals surface area (Å²) in [5.74, 6) is -3.25. The first-order valence-electron chi connectivity index (χ1n) is 26.3. The van der Waals surface area contributed by atoms with Crippen LogP contribution in [0.15, 0.2) is 173 Å². The number of phenols is 5. The number of halogens is 16. The number of nitrogens with one attached hydrogen (secondary N) is 2. The molecule has 0 unspecified atom stereocenters. The van der Waals surface area contributed by atoms with Crippen LogP contribution in [0.25, 0.3) is 34.2 Å². The van der Waals surface area contributed by atoms with Gasteiger partial charge in [0.05, 0.1) is 63.0 Å². The van der Waals surface area contributed by atoms with Gasteiger partial charge in [0, 0.05) is 49.0 Å². The Kier molecular flexibility index (Phi) is 33.2. The maximum Gasteiger partial charge on any atom is 0.573 e. The maximum absolute atomic E-state index is 12.3. The van der Waals surface area contributed by atoms with Crippen LogP contribution in [-0.2, 0) is 11.3 Å². The molecular formula is C59H39BBr10F6N11O15. The minimum absolute atomic E-state index is 0. The number of carbonyl (C=O) groups excluding carboxylic acids is 3. The van der Waals surface area contributed by atoms with Crippen LogP contribution in [-0.4, -0.2) is 113 Å². The molecule has 3 heterocycles. The lowest BCUT2D eigenvalue weighted by molar-refractivity contribution is -0.275. The zero-order chi connectivity index (χ0) is 74.1. The summed E-state index contributed by atoms with van der Waals surface area (Å²) in [5, 5.41) is 83.4. The number of aromatic nitrogens is 6. The predicted molar refractivity (Wildman–Crippen MR) is 388 cm³/mol. The van der Waals surface area contributed by atoms with Crippen molar-refractivity contribution < 1.29 is 99.2 Å². The Hall–Kier alpha value is -7.83. The van der Waals surface area contributed by atoms with Gasteiger partial charge in [0.2, 0.25) is 17.5 Å². The van der Waals surface area contributed by atoms with Gasteiger partial charge in [0.1, 0.15) is 40.2 Å². The highest BCUT2D eigenvalue weighted by Crippen LogP contribution is 2.40. The van der Waals surface area contributed by atoms with Gasteiger partial charge in [0.15, 0.2) is 5.84 Å². The molecule has 0 bridgehead atoms. The molecule has 0 saturated heterocycles. The summed E-state index contributed by atoms with van der Waals surface area (Å²) >= 11 is 31.5. The molecule has 3 radical (unpaired) electrons. The number of benzene rings is 7. The fraction of sp³-hybridized carbons (Fsp3) is 0.102. The van der Waals surface area contributed by atoms with Crippen molar-refractivity contribution in [3.63, 3.8) is 0 Å². The molecule has 2 amide bonds. The fourth-order valence-corrected chi connectivity index (χ4v) is 12.9. The van der Waals surface area contributed by atoms with E-state index in [1.165, 1.54) is 36.4 Å². The molecule has 10 rings (SSSR count). The lowest BCUT2D eigenvalue weighted by atomic mass is 10.2. The molecule has 102 heavy (non-hydrogen) atoms. The average molecular weight is 2070 g/mol. The first kappa shape index (κ1) is 86.6. The van der Waals surface area contributed by atoms with Crippen molar-refractivity contribution in [3.05, 3.63) is 188 Å². The summed E-state index contributed by atoms with van der Waals surface area (Å²) < 4.78 is 105. The molecule has 10 N–H and O–H groups in total. The van der Waals surface area contributed by atoms with Crippen molar-refractivity contribution in [2.45, 2.75) is 33.6 Å². The third-order valence-corrected chi connectivity index (χ3v) is 17.5. The van der Waals surface area contributed by atoms with Crippen LogP contribution in [0.5, 0.6) is 40.2 Å². The van der Waals surface area contributed by atoms with Crippen LogP contribution in [0, 0.1) is 11.3 Å². The largest absolute Gasteiger partial charge is 0.573 e.